The summed E-state index contributed by atoms with van der Waals surface area (Å²) in [5.74, 6) is 0.0335. The van der Waals surface area contributed by atoms with Crippen LogP contribution in [-0.2, 0) is 11.2 Å². The topological polar surface area (TPSA) is 75.4 Å². The number of nitrogens with two attached hydrogens (primary N) is 1. The summed E-state index contributed by atoms with van der Waals surface area (Å²) in [5, 5.41) is 11.4. The van der Waals surface area contributed by atoms with Gasteiger partial charge in [0.05, 0.1) is 0 Å². The van der Waals surface area contributed by atoms with Gasteiger partial charge in [-0.25, -0.2) is 0 Å². The first-order chi connectivity index (χ1) is 8.24. The molecule has 0 aliphatic rings. The van der Waals surface area contributed by atoms with Gasteiger partial charge in [-0.15, -0.1) is 0 Å². The van der Waals surface area contributed by atoms with E-state index in [-0.39, 0.29) is 12.5 Å². The third-order valence-electron chi connectivity index (χ3n) is 2.58. The van der Waals surface area contributed by atoms with Gasteiger partial charge in [0.2, 0.25) is 5.91 Å². The highest BCUT2D eigenvalue weighted by atomic mass is 16.2. The van der Waals surface area contributed by atoms with Crippen LogP contribution in [0.2, 0.25) is 0 Å². The fraction of sp³-hybridized carbons (Fsp3) is 0.462. The van der Waals surface area contributed by atoms with E-state index < -0.39 is 0 Å². The zero-order chi connectivity index (χ0) is 12.5. The number of nitrogen functional groups attached to an aromatic ring is 1. The third kappa shape index (κ3) is 5.36. The van der Waals surface area contributed by atoms with Gasteiger partial charge in [0, 0.05) is 25.3 Å². The predicted molar refractivity (Wildman–Crippen MR) is 68.5 cm³/mol. The van der Waals surface area contributed by atoms with E-state index >= 15 is 0 Å². The molecule has 0 aliphatic carbocycles. The molecule has 0 saturated heterocycles. The third-order valence-corrected chi connectivity index (χ3v) is 2.58. The molecule has 0 atom stereocenters. The summed E-state index contributed by atoms with van der Waals surface area (Å²) in [7, 11) is 0. The molecule has 1 rings (SSSR count). The van der Waals surface area contributed by atoms with Gasteiger partial charge < -0.3 is 16.2 Å². The van der Waals surface area contributed by atoms with Crippen molar-refractivity contribution in [1.29, 1.82) is 0 Å². The van der Waals surface area contributed by atoms with Crippen LogP contribution in [0.3, 0.4) is 0 Å². The number of hydrogen-bond donors (Lipinski definition) is 3. The van der Waals surface area contributed by atoms with Gasteiger partial charge in [0.25, 0.3) is 0 Å². The molecule has 0 radical (unpaired) electrons. The summed E-state index contributed by atoms with van der Waals surface area (Å²) in [6.45, 7) is 0.806. The molecule has 0 spiro atoms. The van der Waals surface area contributed by atoms with E-state index in [9.17, 15) is 4.79 Å². The van der Waals surface area contributed by atoms with Crippen LogP contribution in [0.1, 0.15) is 24.8 Å². The number of benzene rings is 1. The van der Waals surface area contributed by atoms with E-state index in [0.29, 0.717) is 19.4 Å². The Labute approximate surface area is 102 Å². The fourth-order valence-electron chi connectivity index (χ4n) is 1.56. The number of anilines is 1. The van der Waals surface area contributed by atoms with Crippen LogP contribution in [0.15, 0.2) is 24.3 Å². The maximum atomic E-state index is 11.5. The van der Waals surface area contributed by atoms with Gasteiger partial charge in [0.1, 0.15) is 0 Å². The average Bonchev–Trinajstić information content (AvgIpc) is 2.34. The van der Waals surface area contributed by atoms with Crippen LogP contribution in [0, 0.1) is 0 Å². The van der Waals surface area contributed by atoms with Crippen LogP contribution < -0.4 is 11.1 Å². The standard InChI is InChI=1S/C13H20N2O2/c14-12-6-2-1-5-11(12)7-8-13(17)15-9-3-4-10-16/h1-2,5-6,16H,3-4,7-10,14H2,(H,15,17). The van der Waals surface area contributed by atoms with Crippen molar-refractivity contribution in [3.05, 3.63) is 29.8 Å². The van der Waals surface area contributed by atoms with Crippen LogP contribution in [0.25, 0.3) is 0 Å². The summed E-state index contributed by atoms with van der Waals surface area (Å²) < 4.78 is 0. The molecule has 0 aliphatic heterocycles. The first kappa shape index (κ1) is 13.5. The van der Waals surface area contributed by atoms with Gasteiger partial charge in [-0.3, -0.25) is 4.79 Å². The Morgan fingerprint density at radius 1 is 1.29 bits per heavy atom. The minimum absolute atomic E-state index is 0.0335. The van der Waals surface area contributed by atoms with Crippen molar-refractivity contribution in [3.63, 3.8) is 0 Å². The van der Waals surface area contributed by atoms with E-state index in [1.807, 2.05) is 24.3 Å². The molecule has 0 aromatic heterocycles. The number of carbonyl (C=O) groups excluding carboxylic acids is 1. The molecule has 0 fully saturated rings. The molecule has 4 heteroatoms. The highest BCUT2D eigenvalue weighted by Crippen LogP contribution is 2.12. The minimum atomic E-state index is 0.0335. The Hall–Kier alpha value is -1.55. The Balaban J connectivity index is 2.22. The lowest BCUT2D eigenvalue weighted by atomic mass is 10.1. The van der Waals surface area contributed by atoms with E-state index in [1.54, 1.807) is 0 Å². The van der Waals surface area contributed by atoms with E-state index in [1.165, 1.54) is 0 Å². The van der Waals surface area contributed by atoms with Gasteiger partial charge >= 0.3 is 0 Å². The quantitative estimate of drug-likeness (QED) is 0.490. The molecule has 0 heterocycles. The maximum absolute atomic E-state index is 11.5. The molecule has 0 unspecified atom stereocenters. The largest absolute Gasteiger partial charge is 0.399 e. The number of nitrogens with one attached hydrogen (secondary N) is 1. The van der Waals surface area contributed by atoms with Gasteiger partial charge in [-0.05, 0) is 30.9 Å². The average molecular weight is 236 g/mol. The molecule has 4 nitrogen and oxygen atoms in total. The molecule has 0 bridgehead atoms. The summed E-state index contributed by atoms with van der Waals surface area (Å²) in [4.78, 5) is 11.5. The number of para-hydroxylation sites is 1. The Bertz CT molecular complexity index is 353. The first-order valence-electron chi connectivity index (χ1n) is 5.95. The number of aryl methyl sites for hydroxylation is 1. The fourth-order valence-corrected chi connectivity index (χ4v) is 1.56. The number of aliphatic hydroxyl groups is 1. The first-order valence-corrected chi connectivity index (χ1v) is 5.95. The second-order valence-electron chi connectivity index (χ2n) is 3.98. The molecule has 1 amide bonds. The lowest BCUT2D eigenvalue weighted by Crippen LogP contribution is -2.24. The monoisotopic (exact) mass is 236 g/mol. The number of carbonyl (C=O) groups is 1. The maximum Gasteiger partial charge on any atom is 0.220 e. The van der Waals surface area contributed by atoms with Crippen molar-refractivity contribution in [2.24, 2.45) is 0 Å². The molecular weight excluding hydrogens is 216 g/mol. The van der Waals surface area contributed by atoms with Crippen molar-refractivity contribution in [1.82, 2.24) is 5.32 Å². The zero-order valence-corrected chi connectivity index (χ0v) is 9.98. The second kappa shape index (κ2) is 7.68. The molecule has 94 valence electrons. The van der Waals surface area contributed by atoms with Crippen molar-refractivity contribution in [2.45, 2.75) is 25.7 Å². The minimum Gasteiger partial charge on any atom is -0.399 e. The van der Waals surface area contributed by atoms with Crippen LogP contribution >= 0.6 is 0 Å². The van der Waals surface area contributed by atoms with Crippen molar-refractivity contribution >= 4 is 11.6 Å². The predicted octanol–water partition coefficient (Wildman–Crippen LogP) is 1.09. The van der Waals surface area contributed by atoms with E-state index in [0.717, 1.165) is 24.1 Å². The van der Waals surface area contributed by atoms with Crippen LogP contribution in [-0.4, -0.2) is 24.2 Å². The van der Waals surface area contributed by atoms with Gasteiger partial charge in [-0.2, -0.15) is 0 Å². The normalized spacial score (nSPS) is 10.2. The number of unbranched alkanes of at least 4 members (excludes halogenated alkanes) is 1. The van der Waals surface area contributed by atoms with Gasteiger partial charge in [0.15, 0.2) is 0 Å². The summed E-state index contributed by atoms with van der Waals surface area (Å²) >= 11 is 0. The van der Waals surface area contributed by atoms with Crippen molar-refractivity contribution in [3.8, 4) is 0 Å². The molecule has 0 saturated carbocycles. The number of amides is 1. The number of aliphatic hydroxyl groups excluding tert-OH is 1. The SMILES string of the molecule is Nc1ccccc1CCC(=O)NCCCCO. The lowest BCUT2D eigenvalue weighted by molar-refractivity contribution is -0.121. The lowest BCUT2D eigenvalue weighted by Gasteiger charge is -2.06. The Morgan fingerprint density at radius 2 is 2.06 bits per heavy atom. The number of rotatable bonds is 7. The summed E-state index contributed by atoms with van der Waals surface area (Å²) in [5.41, 5.74) is 7.54. The molecule has 1 aromatic carbocycles. The molecule has 17 heavy (non-hydrogen) atoms. The highest BCUT2D eigenvalue weighted by molar-refractivity contribution is 5.76. The van der Waals surface area contributed by atoms with E-state index in [2.05, 4.69) is 5.32 Å². The molecule has 1 aromatic rings. The number of hydrogen-bond acceptors (Lipinski definition) is 3. The summed E-state index contributed by atoms with van der Waals surface area (Å²) in [6, 6.07) is 7.58. The highest BCUT2D eigenvalue weighted by Gasteiger charge is 2.03. The Morgan fingerprint density at radius 3 is 2.76 bits per heavy atom. The Kier molecular flexibility index (Phi) is 6.10. The van der Waals surface area contributed by atoms with E-state index in [4.69, 9.17) is 10.8 Å². The summed E-state index contributed by atoms with van der Waals surface area (Å²) in [6.07, 6.45) is 2.66. The van der Waals surface area contributed by atoms with Crippen LogP contribution in [0.4, 0.5) is 5.69 Å². The van der Waals surface area contributed by atoms with Gasteiger partial charge in [-0.1, -0.05) is 18.2 Å². The smallest absolute Gasteiger partial charge is 0.220 e. The van der Waals surface area contributed by atoms with Crippen molar-refractivity contribution in [2.75, 3.05) is 18.9 Å². The van der Waals surface area contributed by atoms with Crippen molar-refractivity contribution < 1.29 is 9.90 Å². The zero-order valence-electron chi connectivity index (χ0n) is 9.98. The van der Waals surface area contributed by atoms with Crippen LogP contribution in [0.5, 0.6) is 0 Å². The molecular formula is C13H20N2O2. The molecule has 4 N–H and O–H groups in total. The second-order valence-corrected chi connectivity index (χ2v) is 3.98.